The molecule has 0 radical (unpaired) electrons. The van der Waals surface area contributed by atoms with E-state index in [9.17, 15) is 5.11 Å². The van der Waals surface area contributed by atoms with Crippen molar-refractivity contribution in [2.24, 2.45) is 5.73 Å². The van der Waals surface area contributed by atoms with Gasteiger partial charge in [0.2, 0.25) is 0 Å². The van der Waals surface area contributed by atoms with E-state index in [1.54, 1.807) is 0 Å². The first-order valence-corrected chi connectivity index (χ1v) is 3.88. The lowest BCUT2D eigenvalue weighted by Crippen LogP contribution is -2.48. The van der Waals surface area contributed by atoms with Crippen LogP contribution in [0.3, 0.4) is 0 Å². The molecule has 1 rings (SSSR count). The molecular weight excluding hydrogens is 128 g/mol. The number of rotatable bonds is 1. The van der Waals surface area contributed by atoms with Gasteiger partial charge in [0.1, 0.15) is 0 Å². The first-order chi connectivity index (χ1) is 4.72. The third kappa shape index (κ3) is 1.94. The minimum atomic E-state index is -0.205. The summed E-state index contributed by atoms with van der Waals surface area (Å²) in [5.41, 5.74) is 5.69. The van der Waals surface area contributed by atoms with Gasteiger partial charge in [-0.3, -0.25) is 4.90 Å². The number of aliphatic hydroxyl groups excluding tert-OH is 1. The first-order valence-electron chi connectivity index (χ1n) is 3.88. The monoisotopic (exact) mass is 144 g/mol. The van der Waals surface area contributed by atoms with Gasteiger partial charge in [0, 0.05) is 19.1 Å². The standard InChI is InChI=1S/C7H16N2O/c1-2-9-4-6(8)3-7(10)5-9/h6-7,10H,2-5,8H2,1H3. The average molecular weight is 144 g/mol. The predicted molar refractivity (Wildman–Crippen MR) is 40.7 cm³/mol. The Kier molecular flexibility index (Phi) is 2.65. The maximum absolute atomic E-state index is 9.26. The highest BCUT2D eigenvalue weighted by Crippen LogP contribution is 2.07. The first kappa shape index (κ1) is 7.98. The molecule has 3 heteroatoms. The van der Waals surface area contributed by atoms with Gasteiger partial charge < -0.3 is 10.8 Å². The number of likely N-dealkylation sites (tertiary alicyclic amines) is 1. The van der Waals surface area contributed by atoms with Crippen LogP contribution in [0.4, 0.5) is 0 Å². The smallest absolute Gasteiger partial charge is 0.0682 e. The van der Waals surface area contributed by atoms with Crippen LogP contribution in [0.25, 0.3) is 0 Å². The van der Waals surface area contributed by atoms with E-state index in [0.717, 1.165) is 26.1 Å². The molecule has 0 aromatic carbocycles. The van der Waals surface area contributed by atoms with Crippen LogP contribution in [0.1, 0.15) is 13.3 Å². The summed E-state index contributed by atoms with van der Waals surface area (Å²) in [6.07, 6.45) is 0.556. The van der Waals surface area contributed by atoms with E-state index in [-0.39, 0.29) is 12.1 Å². The van der Waals surface area contributed by atoms with E-state index < -0.39 is 0 Å². The zero-order chi connectivity index (χ0) is 7.56. The van der Waals surface area contributed by atoms with Gasteiger partial charge in [-0.25, -0.2) is 0 Å². The van der Waals surface area contributed by atoms with Crippen molar-refractivity contribution in [2.45, 2.75) is 25.5 Å². The largest absolute Gasteiger partial charge is 0.392 e. The molecule has 1 heterocycles. The summed E-state index contributed by atoms with van der Waals surface area (Å²) in [5, 5.41) is 9.26. The van der Waals surface area contributed by atoms with Crippen LogP contribution in [0.5, 0.6) is 0 Å². The maximum atomic E-state index is 9.26. The lowest BCUT2D eigenvalue weighted by molar-refractivity contribution is 0.0633. The molecule has 1 aliphatic rings. The van der Waals surface area contributed by atoms with Crippen molar-refractivity contribution in [3.8, 4) is 0 Å². The van der Waals surface area contributed by atoms with Crippen molar-refractivity contribution in [1.82, 2.24) is 4.90 Å². The second-order valence-corrected chi connectivity index (χ2v) is 3.00. The van der Waals surface area contributed by atoms with Crippen LogP contribution in [0.2, 0.25) is 0 Å². The van der Waals surface area contributed by atoms with E-state index >= 15 is 0 Å². The molecule has 0 aromatic rings. The number of aliphatic hydroxyl groups is 1. The van der Waals surface area contributed by atoms with Crippen LogP contribution < -0.4 is 5.73 Å². The number of nitrogens with zero attached hydrogens (tertiary/aromatic N) is 1. The Bertz CT molecular complexity index is 97.8. The Morgan fingerprint density at radius 3 is 2.80 bits per heavy atom. The number of piperidine rings is 1. The summed E-state index contributed by atoms with van der Waals surface area (Å²) in [5.74, 6) is 0. The van der Waals surface area contributed by atoms with Gasteiger partial charge in [0.25, 0.3) is 0 Å². The zero-order valence-corrected chi connectivity index (χ0v) is 6.45. The third-order valence-electron chi connectivity index (χ3n) is 1.98. The van der Waals surface area contributed by atoms with Gasteiger partial charge in [-0.1, -0.05) is 6.92 Å². The maximum Gasteiger partial charge on any atom is 0.0682 e. The van der Waals surface area contributed by atoms with Crippen molar-refractivity contribution >= 4 is 0 Å². The van der Waals surface area contributed by atoms with Crippen molar-refractivity contribution in [1.29, 1.82) is 0 Å². The van der Waals surface area contributed by atoms with Gasteiger partial charge in [0.05, 0.1) is 6.10 Å². The Morgan fingerprint density at radius 2 is 2.30 bits per heavy atom. The molecule has 10 heavy (non-hydrogen) atoms. The van der Waals surface area contributed by atoms with E-state index in [1.165, 1.54) is 0 Å². The Balaban J connectivity index is 2.35. The van der Waals surface area contributed by atoms with Crippen LogP contribution in [0, 0.1) is 0 Å². The fourth-order valence-corrected chi connectivity index (χ4v) is 1.46. The third-order valence-corrected chi connectivity index (χ3v) is 1.98. The molecule has 0 bridgehead atoms. The number of hydrogen-bond acceptors (Lipinski definition) is 3. The zero-order valence-electron chi connectivity index (χ0n) is 6.45. The molecule has 2 unspecified atom stereocenters. The lowest BCUT2D eigenvalue weighted by Gasteiger charge is -2.32. The summed E-state index contributed by atoms with van der Waals surface area (Å²) >= 11 is 0. The van der Waals surface area contributed by atoms with E-state index in [4.69, 9.17) is 5.73 Å². The fraction of sp³-hybridized carbons (Fsp3) is 1.00. The average Bonchev–Trinajstić information content (AvgIpc) is 1.85. The lowest BCUT2D eigenvalue weighted by atomic mass is 10.0. The number of hydrogen-bond donors (Lipinski definition) is 2. The number of likely N-dealkylation sites (N-methyl/N-ethyl adjacent to an activating group) is 1. The number of nitrogens with two attached hydrogens (primary N) is 1. The Labute approximate surface area is 61.8 Å². The van der Waals surface area contributed by atoms with Gasteiger partial charge in [0.15, 0.2) is 0 Å². The SMILES string of the molecule is CCN1CC(N)CC(O)C1. The summed E-state index contributed by atoms with van der Waals surface area (Å²) in [6.45, 7) is 4.81. The van der Waals surface area contributed by atoms with Crippen LogP contribution in [-0.4, -0.2) is 41.8 Å². The Hall–Kier alpha value is -0.120. The van der Waals surface area contributed by atoms with Gasteiger partial charge in [-0.2, -0.15) is 0 Å². The minimum Gasteiger partial charge on any atom is -0.392 e. The Morgan fingerprint density at radius 1 is 1.60 bits per heavy atom. The molecular formula is C7H16N2O. The quantitative estimate of drug-likeness (QED) is 0.516. The van der Waals surface area contributed by atoms with Gasteiger partial charge in [-0.05, 0) is 13.0 Å². The van der Waals surface area contributed by atoms with Crippen molar-refractivity contribution in [3.63, 3.8) is 0 Å². The van der Waals surface area contributed by atoms with E-state index in [2.05, 4.69) is 11.8 Å². The molecule has 1 aliphatic heterocycles. The molecule has 1 fully saturated rings. The highest BCUT2D eigenvalue weighted by Gasteiger charge is 2.21. The van der Waals surface area contributed by atoms with Crippen molar-refractivity contribution < 1.29 is 5.11 Å². The van der Waals surface area contributed by atoms with Crippen molar-refractivity contribution in [2.75, 3.05) is 19.6 Å². The second-order valence-electron chi connectivity index (χ2n) is 3.00. The highest BCUT2D eigenvalue weighted by molar-refractivity contribution is 4.79. The second kappa shape index (κ2) is 3.32. The van der Waals surface area contributed by atoms with Gasteiger partial charge >= 0.3 is 0 Å². The van der Waals surface area contributed by atoms with E-state index in [0.29, 0.717) is 0 Å². The van der Waals surface area contributed by atoms with Crippen LogP contribution in [-0.2, 0) is 0 Å². The molecule has 60 valence electrons. The molecule has 3 nitrogen and oxygen atoms in total. The summed E-state index contributed by atoms with van der Waals surface area (Å²) in [4.78, 5) is 2.18. The topological polar surface area (TPSA) is 49.5 Å². The fourth-order valence-electron chi connectivity index (χ4n) is 1.46. The number of β-amino-alcohol motifs (C(OH)–C–C–N with tert-alkyl or cyclic N) is 1. The predicted octanol–water partition coefficient (Wildman–Crippen LogP) is -0.600. The summed E-state index contributed by atoms with van der Waals surface area (Å²) in [7, 11) is 0. The van der Waals surface area contributed by atoms with Crippen LogP contribution in [0.15, 0.2) is 0 Å². The summed E-state index contributed by atoms with van der Waals surface area (Å²) < 4.78 is 0. The molecule has 0 aromatic heterocycles. The van der Waals surface area contributed by atoms with Crippen LogP contribution >= 0.6 is 0 Å². The van der Waals surface area contributed by atoms with E-state index in [1.807, 2.05) is 0 Å². The molecule has 1 saturated heterocycles. The van der Waals surface area contributed by atoms with Gasteiger partial charge in [-0.15, -0.1) is 0 Å². The molecule has 3 N–H and O–H groups in total. The molecule has 0 aliphatic carbocycles. The normalized spacial score (nSPS) is 36.3. The molecule has 0 spiro atoms. The molecule has 2 atom stereocenters. The minimum absolute atomic E-state index is 0.170. The summed E-state index contributed by atoms with van der Waals surface area (Å²) in [6, 6.07) is 0.170. The molecule has 0 amide bonds. The van der Waals surface area contributed by atoms with Crippen molar-refractivity contribution in [3.05, 3.63) is 0 Å². The highest BCUT2D eigenvalue weighted by atomic mass is 16.3. The molecule has 0 saturated carbocycles.